The summed E-state index contributed by atoms with van der Waals surface area (Å²) < 4.78 is 31.4. The van der Waals surface area contributed by atoms with Gasteiger partial charge in [0.1, 0.15) is 29.4 Å². The fourth-order valence-corrected chi connectivity index (χ4v) is 4.26. The maximum absolute atomic E-state index is 15.0. The van der Waals surface area contributed by atoms with Crippen LogP contribution in [0.5, 0.6) is 16.7 Å². The number of methoxy groups -OCH3 is 1. The molecule has 0 saturated heterocycles. The van der Waals surface area contributed by atoms with Gasteiger partial charge in [-0.25, -0.2) is 14.4 Å². The summed E-state index contributed by atoms with van der Waals surface area (Å²) in [7, 11) is 1.33. The molecule has 3 aromatic heterocycles. The van der Waals surface area contributed by atoms with E-state index in [1.54, 1.807) is 11.4 Å². The highest BCUT2D eigenvalue weighted by Crippen LogP contribution is 2.40. The summed E-state index contributed by atoms with van der Waals surface area (Å²) in [5.41, 5.74) is 0.707. The lowest BCUT2D eigenvalue weighted by atomic mass is 10.2. The van der Waals surface area contributed by atoms with E-state index in [9.17, 15) is 14.5 Å². The number of nitrogens with one attached hydrogen (secondary N) is 1. The highest BCUT2D eigenvalue weighted by Gasteiger charge is 2.30. The van der Waals surface area contributed by atoms with Crippen LogP contribution >= 0.6 is 11.3 Å². The van der Waals surface area contributed by atoms with Crippen molar-refractivity contribution in [2.75, 3.05) is 12.4 Å². The molecule has 14 heteroatoms. The molecule has 1 aliphatic carbocycles. The zero-order valence-electron chi connectivity index (χ0n) is 19.0. The molecule has 0 bridgehead atoms. The normalized spacial score (nSPS) is 13.0. The Balaban J connectivity index is 1.22. The average molecular weight is 521 g/mol. The van der Waals surface area contributed by atoms with Crippen molar-refractivity contribution in [2.24, 2.45) is 0 Å². The molecule has 1 saturated carbocycles. The predicted octanol–water partition coefficient (Wildman–Crippen LogP) is 5.61. The highest BCUT2D eigenvalue weighted by molar-refractivity contribution is 7.11. The van der Waals surface area contributed by atoms with Crippen LogP contribution in [0, 0.1) is 15.9 Å². The molecule has 6 rings (SSSR count). The summed E-state index contributed by atoms with van der Waals surface area (Å²) in [5, 5.41) is 24.7. The fourth-order valence-electron chi connectivity index (χ4n) is 3.60. The molecule has 12 nitrogen and oxygen atoms in total. The summed E-state index contributed by atoms with van der Waals surface area (Å²) in [6.45, 7) is 0. The number of nitro benzene ring substituents is 1. The number of halogens is 1. The minimum absolute atomic E-state index is 0.0580. The number of fused-ring (bicyclic) bond motifs is 1. The van der Waals surface area contributed by atoms with Crippen molar-refractivity contribution in [1.82, 2.24) is 25.1 Å². The lowest BCUT2D eigenvalue weighted by Crippen LogP contribution is -2.00. The van der Waals surface area contributed by atoms with Gasteiger partial charge in [0.25, 0.3) is 11.1 Å². The molecule has 0 unspecified atom stereocenters. The lowest BCUT2D eigenvalue weighted by molar-refractivity contribution is -0.385. The molecule has 0 spiro atoms. The Morgan fingerprint density at radius 3 is 2.84 bits per heavy atom. The number of hydrogen-bond acceptors (Lipinski definition) is 12. The number of nitro groups is 1. The molecule has 5 aromatic rings. The Hall–Kier alpha value is -4.72. The Kier molecular flexibility index (Phi) is 5.56. The van der Waals surface area contributed by atoms with Gasteiger partial charge in [0, 0.05) is 29.5 Å². The van der Waals surface area contributed by atoms with E-state index >= 15 is 0 Å². The number of hydrogen-bond donors (Lipinski definition) is 1. The van der Waals surface area contributed by atoms with Gasteiger partial charge in [-0.3, -0.25) is 10.1 Å². The van der Waals surface area contributed by atoms with E-state index in [1.807, 2.05) is 0 Å². The summed E-state index contributed by atoms with van der Waals surface area (Å²) in [6, 6.07) is 6.92. The van der Waals surface area contributed by atoms with E-state index in [0.29, 0.717) is 34.3 Å². The molecule has 37 heavy (non-hydrogen) atoms. The molecule has 0 amide bonds. The van der Waals surface area contributed by atoms with Gasteiger partial charge in [0.15, 0.2) is 5.75 Å². The number of thiazole rings is 1. The van der Waals surface area contributed by atoms with Crippen molar-refractivity contribution in [1.29, 1.82) is 0 Å². The summed E-state index contributed by atoms with van der Waals surface area (Å²) in [5.74, 6) is 1.11. The van der Waals surface area contributed by atoms with Crippen molar-refractivity contribution < 1.29 is 23.2 Å². The number of rotatable bonds is 8. The van der Waals surface area contributed by atoms with Gasteiger partial charge >= 0.3 is 5.69 Å². The predicted molar refractivity (Wildman–Crippen MR) is 130 cm³/mol. The van der Waals surface area contributed by atoms with Crippen LogP contribution in [-0.4, -0.2) is 37.2 Å². The highest BCUT2D eigenvalue weighted by atomic mass is 32.1. The number of anilines is 2. The topological polar surface area (TPSA) is 151 Å². The average Bonchev–Trinajstić information content (AvgIpc) is 3.44. The Bertz CT molecular complexity index is 1650. The molecule has 2 aromatic carbocycles. The van der Waals surface area contributed by atoms with Crippen LogP contribution < -0.4 is 14.8 Å². The monoisotopic (exact) mass is 521 g/mol. The van der Waals surface area contributed by atoms with Crippen molar-refractivity contribution in [2.45, 2.75) is 18.8 Å². The van der Waals surface area contributed by atoms with Crippen LogP contribution in [0.1, 0.15) is 24.7 Å². The van der Waals surface area contributed by atoms with Gasteiger partial charge < -0.3 is 19.2 Å². The Morgan fingerprint density at radius 1 is 1.22 bits per heavy atom. The van der Waals surface area contributed by atoms with E-state index in [0.717, 1.165) is 12.8 Å². The minimum atomic E-state index is -0.630. The number of ether oxygens (including phenoxy) is 2. The van der Waals surface area contributed by atoms with Crippen LogP contribution in [0.25, 0.3) is 22.5 Å². The van der Waals surface area contributed by atoms with Crippen LogP contribution in [0.4, 0.5) is 21.6 Å². The zero-order chi connectivity index (χ0) is 25.5. The van der Waals surface area contributed by atoms with Gasteiger partial charge in [-0.1, -0.05) is 11.3 Å². The van der Waals surface area contributed by atoms with Crippen molar-refractivity contribution in [3.05, 3.63) is 63.9 Å². The summed E-state index contributed by atoms with van der Waals surface area (Å²) in [4.78, 5) is 23.4. The first kappa shape index (κ1) is 22.7. The first-order valence-electron chi connectivity index (χ1n) is 11.0. The molecule has 0 aliphatic heterocycles. The first-order valence-corrected chi connectivity index (χ1v) is 11.9. The molecule has 186 valence electrons. The van der Waals surface area contributed by atoms with Crippen molar-refractivity contribution in [3.63, 3.8) is 0 Å². The van der Waals surface area contributed by atoms with Crippen molar-refractivity contribution >= 4 is 39.4 Å². The van der Waals surface area contributed by atoms with Gasteiger partial charge in [-0.05, 0) is 25.0 Å². The van der Waals surface area contributed by atoms with E-state index in [-0.39, 0.29) is 33.9 Å². The van der Waals surface area contributed by atoms with Gasteiger partial charge in [0.05, 0.1) is 28.6 Å². The summed E-state index contributed by atoms with van der Waals surface area (Å²) >= 11 is 1.21. The minimum Gasteiger partial charge on any atom is -0.490 e. The largest absolute Gasteiger partial charge is 0.490 e. The molecule has 1 N–H and O–H groups in total. The molecule has 0 atom stereocenters. The quantitative estimate of drug-likeness (QED) is 0.200. The fraction of sp³-hybridized carbons (Fsp3) is 0.174. The molecular formula is C23H16FN7O5S. The molecule has 3 heterocycles. The van der Waals surface area contributed by atoms with E-state index < -0.39 is 10.7 Å². The first-order chi connectivity index (χ1) is 18.0. The maximum Gasteiger partial charge on any atom is 0.311 e. The Morgan fingerprint density at radius 2 is 2.08 bits per heavy atom. The number of aromatic nitrogens is 5. The van der Waals surface area contributed by atoms with Gasteiger partial charge in [0.2, 0.25) is 5.89 Å². The Labute approximate surface area is 211 Å². The second-order valence-electron chi connectivity index (χ2n) is 8.11. The third-order valence-corrected chi connectivity index (χ3v) is 6.32. The third-order valence-electron chi connectivity index (χ3n) is 5.60. The van der Waals surface area contributed by atoms with E-state index in [4.69, 9.17) is 13.9 Å². The number of nitrogens with zero attached hydrogens (tertiary/aromatic N) is 6. The lowest BCUT2D eigenvalue weighted by Gasteiger charge is -2.11. The van der Waals surface area contributed by atoms with Gasteiger partial charge in [-0.2, -0.15) is 4.98 Å². The maximum atomic E-state index is 15.0. The molecular weight excluding hydrogens is 505 g/mol. The number of benzene rings is 2. The standard InChI is InChI=1S/C23H16FN7O5S/c1-34-19-8-16-13(7-18(19)31(32)33)20(26-10-25-16)27-15-5-4-12(6-14(15)24)35-23-28-17(9-37-23)22-30-29-21(36-22)11-2-3-11/h4-11H,2-3H2,1H3,(H,25,26,27). The smallest absolute Gasteiger partial charge is 0.311 e. The van der Waals surface area contributed by atoms with Gasteiger partial charge in [-0.15, -0.1) is 10.2 Å². The molecule has 1 fully saturated rings. The second kappa shape index (κ2) is 9.05. The third kappa shape index (κ3) is 4.49. The SMILES string of the molecule is COc1cc2ncnc(Nc3ccc(Oc4nc(-c5nnc(C6CC6)o5)cs4)cc3F)c2cc1[N+](=O)[O-]. The van der Waals surface area contributed by atoms with Crippen LogP contribution in [0.2, 0.25) is 0 Å². The summed E-state index contributed by atoms with van der Waals surface area (Å²) in [6.07, 6.45) is 3.36. The molecule has 0 radical (unpaired) electrons. The van der Waals surface area contributed by atoms with E-state index in [1.165, 1.54) is 49.0 Å². The van der Waals surface area contributed by atoms with Crippen LogP contribution in [-0.2, 0) is 0 Å². The molecule has 1 aliphatic rings. The van der Waals surface area contributed by atoms with Crippen molar-refractivity contribution in [3.8, 4) is 28.3 Å². The van der Waals surface area contributed by atoms with Crippen LogP contribution in [0.15, 0.2) is 46.5 Å². The zero-order valence-corrected chi connectivity index (χ0v) is 19.9. The second-order valence-corrected chi connectivity index (χ2v) is 8.93. The van der Waals surface area contributed by atoms with E-state index in [2.05, 4.69) is 30.5 Å². The van der Waals surface area contributed by atoms with Crippen LogP contribution in [0.3, 0.4) is 0 Å².